The summed E-state index contributed by atoms with van der Waals surface area (Å²) in [5, 5.41) is 5.16. The molecule has 2 heterocycles. The highest BCUT2D eigenvalue weighted by molar-refractivity contribution is 7.22. The second-order valence-electron chi connectivity index (χ2n) is 5.09. The summed E-state index contributed by atoms with van der Waals surface area (Å²) < 4.78 is 1.14. The Morgan fingerprint density at radius 1 is 1.18 bits per heavy atom. The van der Waals surface area contributed by atoms with Crippen LogP contribution in [-0.2, 0) is 0 Å². The van der Waals surface area contributed by atoms with Crippen LogP contribution in [0.1, 0.15) is 12.6 Å². The van der Waals surface area contributed by atoms with Gasteiger partial charge in [0.1, 0.15) is 0 Å². The number of rotatable bonds is 4. The third kappa shape index (κ3) is 3.07. The highest BCUT2D eigenvalue weighted by Gasteiger charge is 2.04. The van der Waals surface area contributed by atoms with Crippen molar-refractivity contribution >= 4 is 38.1 Å². The van der Waals surface area contributed by atoms with Crippen LogP contribution in [0.25, 0.3) is 10.2 Å². The van der Waals surface area contributed by atoms with E-state index < -0.39 is 0 Å². The van der Waals surface area contributed by atoms with Crippen molar-refractivity contribution in [2.24, 2.45) is 5.10 Å². The van der Waals surface area contributed by atoms with Gasteiger partial charge in [-0.15, -0.1) is 0 Å². The predicted molar refractivity (Wildman–Crippen MR) is 94.0 cm³/mol. The molecular weight excluding hydrogens is 294 g/mol. The van der Waals surface area contributed by atoms with Crippen LogP contribution in [-0.4, -0.2) is 29.8 Å². The van der Waals surface area contributed by atoms with E-state index in [4.69, 9.17) is 0 Å². The number of benzene rings is 1. The van der Waals surface area contributed by atoms with Crippen LogP contribution in [0.5, 0.6) is 0 Å². The average molecular weight is 311 g/mol. The molecule has 1 aromatic carbocycles. The number of para-hydroxylation sites is 1. The highest BCUT2D eigenvalue weighted by Crippen LogP contribution is 2.25. The Balaban J connectivity index is 1.76. The molecule has 0 bridgehead atoms. The molecule has 0 spiro atoms. The lowest BCUT2D eigenvalue weighted by Gasteiger charge is -2.11. The summed E-state index contributed by atoms with van der Waals surface area (Å²) in [6.45, 7) is 1.93. The van der Waals surface area contributed by atoms with Gasteiger partial charge >= 0.3 is 0 Å². The fourth-order valence-corrected chi connectivity index (χ4v) is 2.78. The third-order valence-electron chi connectivity index (χ3n) is 3.25. The van der Waals surface area contributed by atoms with Crippen molar-refractivity contribution < 1.29 is 0 Å². The van der Waals surface area contributed by atoms with Gasteiger partial charge in [0.15, 0.2) is 0 Å². The Hall–Kier alpha value is -2.47. The molecule has 0 aliphatic rings. The monoisotopic (exact) mass is 311 g/mol. The second kappa shape index (κ2) is 6.11. The van der Waals surface area contributed by atoms with E-state index in [-0.39, 0.29) is 0 Å². The lowest BCUT2D eigenvalue weighted by molar-refractivity contribution is 1.10. The van der Waals surface area contributed by atoms with Crippen molar-refractivity contribution in [1.82, 2.24) is 9.97 Å². The molecule has 0 aliphatic carbocycles. The molecule has 0 unspecified atom stereocenters. The van der Waals surface area contributed by atoms with E-state index in [0.29, 0.717) is 0 Å². The molecule has 0 atom stereocenters. The minimum absolute atomic E-state index is 0.783. The molecular formula is C16H17N5S. The smallest absolute Gasteiger partial charge is 0.204 e. The van der Waals surface area contributed by atoms with Gasteiger partial charge in [0, 0.05) is 14.1 Å². The van der Waals surface area contributed by atoms with Gasteiger partial charge in [-0.1, -0.05) is 23.5 Å². The number of pyridine rings is 1. The summed E-state index contributed by atoms with van der Waals surface area (Å²) in [7, 11) is 3.98. The van der Waals surface area contributed by atoms with Crippen molar-refractivity contribution in [2.75, 3.05) is 24.4 Å². The topological polar surface area (TPSA) is 53.4 Å². The van der Waals surface area contributed by atoms with Gasteiger partial charge in [0.25, 0.3) is 0 Å². The van der Waals surface area contributed by atoms with E-state index in [1.54, 1.807) is 11.3 Å². The number of nitrogens with zero attached hydrogens (tertiary/aromatic N) is 4. The second-order valence-corrected chi connectivity index (χ2v) is 6.12. The fraction of sp³-hybridized carbons (Fsp3) is 0.188. The van der Waals surface area contributed by atoms with Gasteiger partial charge in [-0.2, -0.15) is 5.10 Å². The summed E-state index contributed by atoms with van der Waals surface area (Å²) in [5.74, 6) is 0. The first-order valence-electron chi connectivity index (χ1n) is 6.93. The van der Waals surface area contributed by atoms with Crippen LogP contribution in [0.3, 0.4) is 0 Å². The SMILES string of the molecule is C/C(=N\Nc1nc2ccccc2s1)c1ccc(N(C)C)cn1. The highest BCUT2D eigenvalue weighted by atomic mass is 32.1. The molecule has 22 heavy (non-hydrogen) atoms. The van der Waals surface area contributed by atoms with Crippen molar-refractivity contribution in [1.29, 1.82) is 0 Å². The summed E-state index contributed by atoms with van der Waals surface area (Å²) in [5.41, 5.74) is 6.73. The third-order valence-corrected chi connectivity index (χ3v) is 4.19. The first kappa shape index (κ1) is 14.5. The Morgan fingerprint density at radius 2 is 2.00 bits per heavy atom. The zero-order chi connectivity index (χ0) is 15.5. The Labute approximate surface area is 133 Å². The lowest BCUT2D eigenvalue weighted by atomic mass is 10.2. The molecule has 0 amide bonds. The number of fused-ring (bicyclic) bond motifs is 1. The van der Waals surface area contributed by atoms with Gasteiger partial charge < -0.3 is 4.90 Å². The van der Waals surface area contributed by atoms with Gasteiger partial charge in [-0.25, -0.2) is 4.98 Å². The van der Waals surface area contributed by atoms with Crippen LogP contribution in [0, 0.1) is 0 Å². The molecule has 3 aromatic rings. The summed E-state index contributed by atoms with van der Waals surface area (Å²) in [6.07, 6.45) is 1.84. The van der Waals surface area contributed by atoms with Crippen molar-refractivity contribution in [3.8, 4) is 0 Å². The van der Waals surface area contributed by atoms with Crippen LogP contribution >= 0.6 is 11.3 Å². The van der Waals surface area contributed by atoms with Gasteiger partial charge in [-0.3, -0.25) is 10.4 Å². The number of hydrogen-bond donors (Lipinski definition) is 1. The molecule has 0 radical (unpaired) electrons. The number of thiazole rings is 1. The van der Waals surface area contributed by atoms with Crippen molar-refractivity contribution in [3.63, 3.8) is 0 Å². The molecule has 112 valence electrons. The number of nitrogens with one attached hydrogen (secondary N) is 1. The maximum absolute atomic E-state index is 4.49. The molecule has 5 nitrogen and oxygen atoms in total. The van der Waals surface area contributed by atoms with E-state index in [2.05, 4.69) is 26.6 Å². The Bertz CT molecular complexity index is 772. The largest absolute Gasteiger partial charge is 0.376 e. The zero-order valence-corrected chi connectivity index (χ0v) is 13.6. The summed E-state index contributed by atoms with van der Waals surface area (Å²) >= 11 is 1.58. The van der Waals surface area contributed by atoms with Crippen molar-refractivity contribution in [2.45, 2.75) is 6.92 Å². The van der Waals surface area contributed by atoms with E-state index in [1.165, 1.54) is 0 Å². The molecule has 1 N–H and O–H groups in total. The van der Waals surface area contributed by atoms with Crippen molar-refractivity contribution in [3.05, 3.63) is 48.3 Å². The van der Waals surface area contributed by atoms with Gasteiger partial charge in [0.2, 0.25) is 5.13 Å². The van der Waals surface area contributed by atoms with E-state index >= 15 is 0 Å². The van der Waals surface area contributed by atoms with Crippen LogP contribution in [0.2, 0.25) is 0 Å². The molecule has 2 aromatic heterocycles. The lowest BCUT2D eigenvalue weighted by Crippen LogP contribution is -2.10. The first-order valence-corrected chi connectivity index (χ1v) is 7.75. The van der Waals surface area contributed by atoms with E-state index in [9.17, 15) is 0 Å². The molecule has 3 rings (SSSR count). The van der Waals surface area contributed by atoms with Gasteiger partial charge in [0.05, 0.1) is 33.5 Å². The summed E-state index contributed by atoms with van der Waals surface area (Å²) in [6, 6.07) is 12.0. The molecule has 0 saturated carbocycles. The minimum atomic E-state index is 0.783. The molecule has 0 saturated heterocycles. The van der Waals surface area contributed by atoms with E-state index in [0.717, 1.165) is 32.4 Å². The normalized spacial score (nSPS) is 11.7. The number of hydrazone groups is 1. The quantitative estimate of drug-likeness (QED) is 0.591. The van der Waals surface area contributed by atoms with Crippen LogP contribution in [0.15, 0.2) is 47.7 Å². The molecule has 6 heteroatoms. The predicted octanol–water partition coefficient (Wildman–Crippen LogP) is 3.59. The standard InChI is InChI=1S/C16H17N5S/c1-11(13-9-8-12(10-17-13)21(2)3)19-20-16-18-14-6-4-5-7-15(14)22-16/h4-10H,1-3H3,(H,18,20)/b19-11+. The molecule has 0 aliphatic heterocycles. The number of hydrogen-bond acceptors (Lipinski definition) is 6. The average Bonchev–Trinajstić information content (AvgIpc) is 2.95. The first-order chi connectivity index (χ1) is 10.6. The van der Waals surface area contributed by atoms with E-state index in [1.807, 2.05) is 62.4 Å². The number of aromatic nitrogens is 2. The maximum atomic E-state index is 4.49. The van der Waals surface area contributed by atoms with Crippen LogP contribution < -0.4 is 10.3 Å². The minimum Gasteiger partial charge on any atom is -0.376 e. The summed E-state index contributed by atoms with van der Waals surface area (Å²) in [4.78, 5) is 10.9. The number of anilines is 2. The van der Waals surface area contributed by atoms with Gasteiger partial charge in [-0.05, 0) is 31.2 Å². The zero-order valence-electron chi connectivity index (χ0n) is 12.7. The maximum Gasteiger partial charge on any atom is 0.204 e. The fourth-order valence-electron chi connectivity index (χ4n) is 1.97. The molecule has 0 fully saturated rings. The Morgan fingerprint density at radius 3 is 2.68 bits per heavy atom. The van der Waals surface area contributed by atoms with Crippen LogP contribution in [0.4, 0.5) is 10.8 Å². The Kier molecular flexibility index (Phi) is 4.02.